The first-order valence-electron chi connectivity index (χ1n) is 7.29. The fourth-order valence-corrected chi connectivity index (χ4v) is 3.57. The number of hydrogen-bond donors (Lipinski definition) is 1. The molecule has 5 heteroatoms. The number of rotatable bonds is 2. The molecule has 1 aliphatic heterocycles. The molecule has 0 spiro atoms. The van der Waals surface area contributed by atoms with Crippen molar-refractivity contribution in [1.82, 2.24) is 14.7 Å². The Morgan fingerprint density at radius 3 is 3.11 bits per heavy atom. The Bertz CT molecular complexity index is 482. The molecule has 0 aromatic carbocycles. The van der Waals surface area contributed by atoms with Gasteiger partial charge in [0.1, 0.15) is 0 Å². The zero-order valence-corrected chi connectivity index (χ0v) is 11.7. The van der Waals surface area contributed by atoms with Gasteiger partial charge in [0, 0.05) is 25.8 Å². The third kappa shape index (κ3) is 2.22. The maximum atomic E-state index is 12.4. The quantitative estimate of drug-likeness (QED) is 0.889. The van der Waals surface area contributed by atoms with E-state index in [0.717, 1.165) is 30.3 Å². The van der Waals surface area contributed by atoms with Crippen LogP contribution in [0.1, 0.15) is 38.3 Å². The van der Waals surface area contributed by atoms with Crippen LogP contribution < -0.4 is 5.32 Å². The van der Waals surface area contributed by atoms with Crippen LogP contribution in [0.5, 0.6) is 0 Å². The molecule has 1 aromatic heterocycles. The second-order valence-corrected chi connectivity index (χ2v) is 5.69. The SMILES string of the molecule is CCc1nn(C)cc1NC(=O)N1CC[C@H]2CCC[C@H]21. The van der Waals surface area contributed by atoms with Crippen LogP contribution in [0.15, 0.2) is 6.20 Å². The highest BCUT2D eigenvalue weighted by atomic mass is 16.2. The molecule has 1 N–H and O–H groups in total. The predicted octanol–water partition coefficient (Wildman–Crippen LogP) is 2.39. The Balaban J connectivity index is 1.71. The first-order valence-corrected chi connectivity index (χ1v) is 7.29. The first kappa shape index (κ1) is 12.5. The Morgan fingerprint density at radius 1 is 1.47 bits per heavy atom. The lowest BCUT2D eigenvalue weighted by Crippen LogP contribution is -2.39. The number of anilines is 1. The largest absolute Gasteiger partial charge is 0.322 e. The minimum atomic E-state index is 0.0529. The summed E-state index contributed by atoms with van der Waals surface area (Å²) in [5.41, 5.74) is 1.81. The molecule has 2 aliphatic rings. The number of carbonyl (C=O) groups is 1. The van der Waals surface area contributed by atoms with E-state index in [2.05, 4.69) is 17.3 Å². The fraction of sp³-hybridized carbons (Fsp3) is 0.714. The van der Waals surface area contributed by atoms with Gasteiger partial charge in [0.05, 0.1) is 11.4 Å². The molecule has 1 aromatic rings. The summed E-state index contributed by atoms with van der Waals surface area (Å²) in [4.78, 5) is 14.4. The Kier molecular flexibility index (Phi) is 3.21. The van der Waals surface area contributed by atoms with Crippen molar-refractivity contribution in [2.45, 2.75) is 45.1 Å². The summed E-state index contributed by atoms with van der Waals surface area (Å²) in [5, 5.41) is 7.40. The number of fused-ring (bicyclic) bond motifs is 1. The average molecular weight is 262 g/mol. The van der Waals surface area contributed by atoms with Crippen LogP contribution in [0.4, 0.5) is 10.5 Å². The summed E-state index contributed by atoms with van der Waals surface area (Å²) in [6, 6.07) is 0.527. The van der Waals surface area contributed by atoms with Gasteiger partial charge in [0.2, 0.25) is 0 Å². The molecule has 1 saturated carbocycles. The van der Waals surface area contributed by atoms with Gasteiger partial charge in [-0.15, -0.1) is 0 Å². The molecule has 1 aliphatic carbocycles. The molecule has 0 unspecified atom stereocenters. The van der Waals surface area contributed by atoms with Gasteiger partial charge in [-0.05, 0) is 31.6 Å². The highest BCUT2D eigenvalue weighted by molar-refractivity contribution is 5.90. The topological polar surface area (TPSA) is 50.2 Å². The lowest BCUT2D eigenvalue weighted by atomic mass is 10.1. The second-order valence-electron chi connectivity index (χ2n) is 5.69. The maximum absolute atomic E-state index is 12.4. The highest BCUT2D eigenvalue weighted by Crippen LogP contribution is 2.37. The zero-order chi connectivity index (χ0) is 13.4. The van der Waals surface area contributed by atoms with Gasteiger partial charge in [-0.2, -0.15) is 5.10 Å². The number of hydrogen-bond acceptors (Lipinski definition) is 2. The third-order valence-electron chi connectivity index (χ3n) is 4.50. The zero-order valence-electron chi connectivity index (χ0n) is 11.7. The maximum Gasteiger partial charge on any atom is 0.322 e. The van der Waals surface area contributed by atoms with Crippen LogP contribution >= 0.6 is 0 Å². The van der Waals surface area contributed by atoms with Gasteiger partial charge < -0.3 is 10.2 Å². The summed E-state index contributed by atoms with van der Waals surface area (Å²) in [7, 11) is 1.89. The van der Waals surface area contributed by atoms with E-state index in [-0.39, 0.29) is 6.03 Å². The van der Waals surface area contributed by atoms with E-state index in [4.69, 9.17) is 0 Å². The van der Waals surface area contributed by atoms with Crippen molar-refractivity contribution in [2.75, 3.05) is 11.9 Å². The van der Waals surface area contributed by atoms with Crippen LogP contribution in [0.2, 0.25) is 0 Å². The van der Waals surface area contributed by atoms with Crippen LogP contribution in [0.25, 0.3) is 0 Å². The summed E-state index contributed by atoms with van der Waals surface area (Å²) >= 11 is 0. The molecule has 104 valence electrons. The number of aryl methyl sites for hydroxylation is 2. The van der Waals surface area contributed by atoms with Gasteiger partial charge in [-0.1, -0.05) is 13.3 Å². The standard InChI is InChI=1S/C14H22N4O/c1-3-11-12(9-17(2)16-11)15-14(19)18-8-7-10-5-4-6-13(10)18/h9-10,13H,3-8H2,1-2H3,(H,15,19)/t10-,13-/m1/s1. The lowest BCUT2D eigenvalue weighted by molar-refractivity contribution is 0.203. The fourth-order valence-electron chi connectivity index (χ4n) is 3.57. The number of urea groups is 1. The van der Waals surface area contributed by atoms with E-state index >= 15 is 0 Å². The van der Waals surface area contributed by atoms with Crippen molar-refractivity contribution in [3.63, 3.8) is 0 Å². The number of aromatic nitrogens is 2. The Morgan fingerprint density at radius 2 is 2.32 bits per heavy atom. The van der Waals surface area contributed by atoms with E-state index in [1.165, 1.54) is 25.7 Å². The molecule has 2 fully saturated rings. The smallest absolute Gasteiger partial charge is 0.321 e. The van der Waals surface area contributed by atoms with E-state index in [0.29, 0.717) is 6.04 Å². The van der Waals surface area contributed by atoms with Crippen molar-refractivity contribution in [3.8, 4) is 0 Å². The molecular weight excluding hydrogens is 240 g/mol. The van der Waals surface area contributed by atoms with Crippen molar-refractivity contribution >= 4 is 11.7 Å². The lowest BCUT2D eigenvalue weighted by Gasteiger charge is -2.24. The molecule has 2 amide bonds. The van der Waals surface area contributed by atoms with Gasteiger partial charge >= 0.3 is 6.03 Å². The molecule has 3 rings (SSSR count). The summed E-state index contributed by atoms with van der Waals surface area (Å²) in [6.45, 7) is 2.96. The predicted molar refractivity (Wildman–Crippen MR) is 74.1 cm³/mol. The van der Waals surface area contributed by atoms with Crippen molar-refractivity contribution in [2.24, 2.45) is 13.0 Å². The van der Waals surface area contributed by atoms with E-state index < -0.39 is 0 Å². The number of nitrogens with one attached hydrogen (secondary N) is 1. The van der Waals surface area contributed by atoms with Crippen LogP contribution in [-0.4, -0.2) is 33.3 Å². The number of carbonyl (C=O) groups excluding carboxylic acids is 1. The van der Waals surface area contributed by atoms with Gasteiger partial charge in [0.15, 0.2) is 0 Å². The van der Waals surface area contributed by atoms with Crippen LogP contribution in [0.3, 0.4) is 0 Å². The molecule has 1 saturated heterocycles. The normalized spacial score (nSPS) is 25.7. The molecule has 2 heterocycles. The second kappa shape index (κ2) is 4.87. The minimum Gasteiger partial charge on any atom is -0.321 e. The van der Waals surface area contributed by atoms with Gasteiger partial charge in [0.25, 0.3) is 0 Å². The van der Waals surface area contributed by atoms with Crippen molar-refractivity contribution in [1.29, 1.82) is 0 Å². The molecular formula is C14H22N4O. The van der Waals surface area contributed by atoms with Crippen molar-refractivity contribution in [3.05, 3.63) is 11.9 Å². The highest BCUT2D eigenvalue weighted by Gasteiger charge is 2.39. The summed E-state index contributed by atoms with van der Waals surface area (Å²) in [5.74, 6) is 0.741. The summed E-state index contributed by atoms with van der Waals surface area (Å²) in [6.07, 6.45) is 7.63. The average Bonchev–Trinajstić information content (AvgIpc) is 3.03. The van der Waals surface area contributed by atoms with Gasteiger partial charge in [-0.3, -0.25) is 4.68 Å². The van der Waals surface area contributed by atoms with Gasteiger partial charge in [-0.25, -0.2) is 4.79 Å². The number of amides is 2. The van der Waals surface area contributed by atoms with Crippen molar-refractivity contribution < 1.29 is 4.79 Å². The molecule has 5 nitrogen and oxygen atoms in total. The van der Waals surface area contributed by atoms with Crippen LogP contribution in [0, 0.1) is 5.92 Å². The molecule has 0 bridgehead atoms. The van der Waals surface area contributed by atoms with E-state index in [9.17, 15) is 4.79 Å². The monoisotopic (exact) mass is 262 g/mol. The Labute approximate surface area is 114 Å². The number of nitrogens with zero attached hydrogens (tertiary/aromatic N) is 3. The summed E-state index contributed by atoms with van der Waals surface area (Å²) < 4.78 is 1.76. The minimum absolute atomic E-state index is 0.0529. The van der Waals surface area contributed by atoms with E-state index in [1.807, 2.05) is 18.1 Å². The first-order chi connectivity index (χ1) is 9.19. The van der Waals surface area contributed by atoms with Crippen LogP contribution in [-0.2, 0) is 13.5 Å². The number of likely N-dealkylation sites (tertiary alicyclic amines) is 1. The molecule has 0 radical (unpaired) electrons. The molecule has 19 heavy (non-hydrogen) atoms. The molecule has 2 atom stereocenters. The third-order valence-corrected chi connectivity index (χ3v) is 4.50. The van der Waals surface area contributed by atoms with E-state index in [1.54, 1.807) is 4.68 Å². The Hall–Kier alpha value is -1.52.